The highest BCUT2D eigenvalue weighted by Crippen LogP contribution is 2.25. The highest BCUT2D eigenvalue weighted by Gasteiger charge is 2.20. The molecule has 2 rings (SSSR count). The maximum absolute atomic E-state index is 11.7. The molecule has 0 spiro atoms. The van der Waals surface area contributed by atoms with E-state index in [1.54, 1.807) is 6.07 Å². The van der Waals surface area contributed by atoms with Crippen molar-refractivity contribution in [1.29, 1.82) is 0 Å². The number of methoxy groups -OCH3 is 1. The van der Waals surface area contributed by atoms with Gasteiger partial charge < -0.3 is 15.2 Å². The normalized spacial score (nSPS) is 16.7. The number of aromatic nitrogens is 1. The van der Waals surface area contributed by atoms with E-state index in [1.165, 1.54) is 26.1 Å². The molecule has 0 aliphatic heterocycles. The van der Waals surface area contributed by atoms with Crippen LogP contribution in [0.4, 0.5) is 5.69 Å². The van der Waals surface area contributed by atoms with Crippen molar-refractivity contribution < 1.29 is 14.3 Å². The fourth-order valence-electron chi connectivity index (χ4n) is 2.34. The lowest BCUT2D eigenvalue weighted by Gasteiger charge is -2.17. The van der Waals surface area contributed by atoms with E-state index in [4.69, 9.17) is 15.2 Å². The fourth-order valence-corrected chi connectivity index (χ4v) is 2.34. The van der Waals surface area contributed by atoms with E-state index in [0.717, 1.165) is 25.7 Å². The van der Waals surface area contributed by atoms with Crippen LogP contribution >= 0.6 is 0 Å². The average molecular weight is 264 g/mol. The third kappa shape index (κ3) is 3.59. The van der Waals surface area contributed by atoms with Crippen LogP contribution in [0.15, 0.2) is 12.3 Å². The lowest BCUT2D eigenvalue weighted by atomic mass is 10.1. The molecule has 0 aromatic carbocycles. The van der Waals surface area contributed by atoms with Crippen molar-refractivity contribution in [2.45, 2.75) is 44.6 Å². The van der Waals surface area contributed by atoms with Gasteiger partial charge in [-0.25, -0.2) is 9.78 Å². The molecule has 1 aliphatic carbocycles. The molecule has 1 saturated carbocycles. The summed E-state index contributed by atoms with van der Waals surface area (Å²) < 4.78 is 10.6. The molecule has 1 heterocycles. The number of esters is 1. The molecule has 0 atom stereocenters. The van der Waals surface area contributed by atoms with Crippen molar-refractivity contribution in [2.75, 3.05) is 12.8 Å². The molecule has 0 bridgehead atoms. The largest absolute Gasteiger partial charge is 0.474 e. The van der Waals surface area contributed by atoms with Crippen molar-refractivity contribution in [3.8, 4) is 5.88 Å². The van der Waals surface area contributed by atoms with E-state index in [1.807, 2.05) is 0 Å². The maximum Gasteiger partial charge on any atom is 0.343 e. The number of carbonyl (C=O) groups excluding carboxylic acids is 1. The molecule has 104 valence electrons. The molecule has 1 aromatic heterocycles. The molecule has 0 amide bonds. The van der Waals surface area contributed by atoms with Gasteiger partial charge >= 0.3 is 5.97 Å². The third-order valence-corrected chi connectivity index (χ3v) is 3.36. The predicted octanol–water partition coefficient (Wildman–Crippen LogP) is 2.55. The molecule has 5 heteroatoms. The molecule has 5 nitrogen and oxygen atoms in total. The van der Waals surface area contributed by atoms with E-state index in [9.17, 15) is 4.79 Å². The summed E-state index contributed by atoms with van der Waals surface area (Å²) in [6.07, 6.45) is 8.46. The number of hydrogen-bond donors (Lipinski definition) is 1. The van der Waals surface area contributed by atoms with Crippen LogP contribution in [0.3, 0.4) is 0 Å². The van der Waals surface area contributed by atoms with Crippen LogP contribution in [0.25, 0.3) is 0 Å². The van der Waals surface area contributed by atoms with Gasteiger partial charge in [0.25, 0.3) is 0 Å². The lowest BCUT2D eigenvalue weighted by molar-refractivity contribution is 0.0590. The summed E-state index contributed by atoms with van der Waals surface area (Å²) in [6.45, 7) is 0. The molecular weight excluding hydrogens is 244 g/mol. The van der Waals surface area contributed by atoms with E-state index >= 15 is 0 Å². The fraction of sp³-hybridized carbons (Fsp3) is 0.571. The quantitative estimate of drug-likeness (QED) is 0.670. The van der Waals surface area contributed by atoms with Crippen LogP contribution in [-0.4, -0.2) is 24.2 Å². The average Bonchev–Trinajstić information content (AvgIpc) is 2.68. The number of ether oxygens (including phenoxy) is 2. The third-order valence-electron chi connectivity index (χ3n) is 3.36. The molecule has 1 aliphatic rings. The van der Waals surface area contributed by atoms with Gasteiger partial charge in [-0.1, -0.05) is 12.8 Å². The van der Waals surface area contributed by atoms with Crippen LogP contribution in [0.5, 0.6) is 5.88 Å². The van der Waals surface area contributed by atoms with Gasteiger partial charge in [0.05, 0.1) is 19.0 Å². The lowest BCUT2D eigenvalue weighted by Crippen LogP contribution is -2.18. The summed E-state index contributed by atoms with van der Waals surface area (Å²) in [5, 5.41) is 0. The zero-order valence-electron chi connectivity index (χ0n) is 11.2. The Morgan fingerprint density at radius 1 is 1.32 bits per heavy atom. The van der Waals surface area contributed by atoms with E-state index in [2.05, 4.69) is 4.98 Å². The monoisotopic (exact) mass is 264 g/mol. The number of rotatable bonds is 3. The van der Waals surface area contributed by atoms with Gasteiger partial charge in [0.2, 0.25) is 5.88 Å². The van der Waals surface area contributed by atoms with E-state index in [-0.39, 0.29) is 6.10 Å². The van der Waals surface area contributed by atoms with Crippen LogP contribution in [-0.2, 0) is 4.74 Å². The van der Waals surface area contributed by atoms with Crippen molar-refractivity contribution in [3.05, 3.63) is 17.8 Å². The molecule has 1 fully saturated rings. The first-order valence-electron chi connectivity index (χ1n) is 6.71. The topological polar surface area (TPSA) is 74.4 Å². The zero-order chi connectivity index (χ0) is 13.7. The van der Waals surface area contributed by atoms with Gasteiger partial charge in [-0.3, -0.25) is 0 Å². The second-order valence-corrected chi connectivity index (χ2v) is 4.84. The number of nitrogens with zero attached hydrogens (tertiary/aromatic N) is 1. The molecule has 1 aromatic rings. The Kier molecular flexibility index (Phi) is 4.60. The standard InChI is InChI=1S/C14H20N2O3/c1-18-14(17)12-8-10(15)9-16-13(12)19-11-6-4-2-3-5-7-11/h8-9,11H,2-7,15H2,1H3. The van der Waals surface area contributed by atoms with Gasteiger partial charge in [-0.2, -0.15) is 0 Å². The smallest absolute Gasteiger partial charge is 0.343 e. The summed E-state index contributed by atoms with van der Waals surface area (Å²) >= 11 is 0. The van der Waals surface area contributed by atoms with Crippen LogP contribution < -0.4 is 10.5 Å². The SMILES string of the molecule is COC(=O)c1cc(N)cnc1OC1CCCCCC1. The van der Waals surface area contributed by atoms with Gasteiger partial charge in [0.15, 0.2) is 0 Å². The minimum atomic E-state index is -0.469. The summed E-state index contributed by atoms with van der Waals surface area (Å²) in [4.78, 5) is 15.8. The molecule has 0 unspecified atom stereocenters. The Bertz CT molecular complexity index is 440. The zero-order valence-corrected chi connectivity index (χ0v) is 11.2. The number of nitrogens with two attached hydrogens (primary N) is 1. The Morgan fingerprint density at radius 2 is 2.00 bits per heavy atom. The molecular formula is C14H20N2O3. The number of carbonyl (C=O) groups is 1. The highest BCUT2D eigenvalue weighted by molar-refractivity contribution is 5.92. The number of hydrogen-bond acceptors (Lipinski definition) is 5. The summed E-state index contributed by atoms with van der Waals surface area (Å²) in [6, 6.07) is 1.55. The van der Waals surface area contributed by atoms with Crippen LogP contribution in [0.2, 0.25) is 0 Å². The number of pyridine rings is 1. The van der Waals surface area contributed by atoms with E-state index < -0.39 is 5.97 Å². The number of nitrogen functional groups attached to an aromatic ring is 1. The van der Waals surface area contributed by atoms with Crippen LogP contribution in [0, 0.1) is 0 Å². The van der Waals surface area contributed by atoms with Crippen molar-refractivity contribution >= 4 is 11.7 Å². The first-order chi connectivity index (χ1) is 9.20. The van der Waals surface area contributed by atoms with Crippen molar-refractivity contribution in [1.82, 2.24) is 4.98 Å². The summed E-state index contributed by atoms with van der Waals surface area (Å²) in [7, 11) is 1.33. The molecule has 0 saturated heterocycles. The van der Waals surface area contributed by atoms with Gasteiger partial charge in [-0.15, -0.1) is 0 Å². The molecule has 0 radical (unpaired) electrons. The number of anilines is 1. The predicted molar refractivity (Wildman–Crippen MR) is 72.1 cm³/mol. The maximum atomic E-state index is 11.7. The minimum absolute atomic E-state index is 0.127. The Balaban J connectivity index is 2.16. The first-order valence-corrected chi connectivity index (χ1v) is 6.71. The second-order valence-electron chi connectivity index (χ2n) is 4.84. The van der Waals surface area contributed by atoms with Gasteiger partial charge in [-0.05, 0) is 31.7 Å². The second kappa shape index (κ2) is 6.41. The van der Waals surface area contributed by atoms with Crippen molar-refractivity contribution in [3.63, 3.8) is 0 Å². The van der Waals surface area contributed by atoms with Crippen molar-refractivity contribution in [2.24, 2.45) is 0 Å². The molecule has 2 N–H and O–H groups in total. The highest BCUT2D eigenvalue weighted by atomic mass is 16.5. The Labute approximate surface area is 113 Å². The summed E-state index contributed by atoms with van der Waals surface area (Å²) in [5.41, 5.74) is 6.37. The Hall–Kier alpha value is -1.78. The van der Waals surface area contributed by atoms with Gasteiger partial charge in [0, 0.05) is 0 Å². The molecule has 19 heavy (non-hydrogen) atoms. The van der Waals surface area contributed by atoms with Gasteiger partial charge in [0.1, 0.15) is 11.7 Å². The first kappa shape index (κ1) is 13.6. The Morgan fingerprint density at radius 3 is 2.63 bits per heavy atom. The minimum Gasteiger partial charge on any atom is -0.474 e. The van der Waals surface area contributed by atoms with E-state index in [0.29, 0.717) is 17.1 Å². The summed E-state index contributed by atoms with van der Waals surface area (Å²) in [5.74, 6) is -0.142. The van der Waals surface area contributed by atoms with Crippen LogP contribution in [0.1, 0.15) is 48.9 Å².